The molecule has 0 atom stereocenters. The molecule has 0 amide bonds. The number of rotatable bonds is 6. The maximum atomic E-state index is 11.7. The van der Waals surface area contributed by atoms with E-state index in [1.807, 2.05) is 30.3 Å². The molecular formula is C14H15N3O3. The Balaban J connectivity index is 1.92. The molecule has 0 unspecified atom stereocenters. The number of esters is 1. The minimum atomic E-state index is -0.532. The van der Waals surface area contributed by atoms with Crippen LogP contribution < -0.4 is 0 Å². The molecular weight excluding hydrogens is 258 g/mol. The molecule has 6 nitrogen and oxygen atoms in total. The van der Waals surface area contributed by atoms with Gasteiger partial charge in [-0.1, -0.05) is 18.2 Å². The van der Waals surface area contributed by atoms with E-state index in [2.05, 4.69) is 10.2 Å². The molecule has 0 saturated carbocycles. The van der Waals surface area contributed by atoms with Crippen molar-refractivity contribution < 1.29 is 14.3 Å². The van der Waals surface area contributed by atoms with Gasteiger partial charge < -0.3 is 9.53 Å². The van der Waals surface area contributed by atoms with E-state index in [-0.39, 0.29) is 18.1 Å². The Morgan fingerprint density at radius 2 is 2.00 bits per heavy atom. The monoisotopic (exact) mass is 273 g/mol. The Morgan fingerprint density at radius 1 is 1.25 bits per heavy atom. The predicted molar refractivity (Wildman–Crippen MR) is 71.6 cm³/mol. The van der Waals surface area contributed by atoms with Crippen LogP contribution in [0.15, 0.2) is 36.5 Å². The van der Waals surface area contributed by atoms with E-state index >= 15 is 0 Å². The van der Waals surface area contributed by atoms with Crippen molar-refractivity contribution in [3.05, 3.63) is 42.2 Å². The van der Waals surface area contributed by atoms with Gasteiger partial charge in [0.05, 0.1) is 18.5 Å². The number of benzene rings is 1. The molecule has 20 heavy (non-hydrogen) atoms. The first-order chi connectivity index (χ1) is 9.66. The zero-order valence-electron chi connectivity index (χ0n) is 11.2. The van der Waals surface area contributed by atoms with Crippen molar-refractivity contribution >= 4 is 11.8 Å². The van der Waals surface area contributed by atoms with E-state index in [1.54, 1.807) is 0 Å². The fourth-order valence-electron chi connectivity index (χ4n) is 1.60. The highest BCUT2D eigenvalue weighted by atomic mass is 16.5. The van der Waals surface area contributed by atoms with Gasteiger partial charge in [-0.3, -0.25) is 0 Å². The number of ketones is 1. The van der Waals surface area contributed by atoms with Gasteiger partial charge in [-0.2, -0.15) is 9.90 Å². The predicted octanol–water partition coefficient (Wildman–Crippen LogP) is 1.79. The van der Waals surface area contributed by atoms with Crippen molar-refractivity contribution in [3.63, 3.8) is 0 Å². The van der Waals surface area contributed by atoms with Gasteiger partial charge in [-0.25, -0.2) is 4.79 Å². The number of nitrogens with zero attached hydrogens (tertiary/aromatic N) is 3. The number of hydrogen-bond donors (Lipinski definition) is 0. The summed E-state index contributed by atoms with van der Waals surface area (Å²) in [6.07, 6.45) is 2.29. The van der Waals surface area contributed by atoms with Crippen molar-refractivity contribution in [2.45, 2.75) is 19.8 Å². The van der Waals surface area contributed by atoms with Crippen molar-refractivity contribution in [1.29, 1.82) is 0 Å². The maximum Gasteiger partial charge on any atom is 0.360 e. The normalized spacial score (nSPS) is 10.2. The topological polar surface area (TPSA) is 74.1 Å². The summed E-state index contributed by atoms with van der Waals surface area (Å²) in [5, 5.41) is 8.07. The Hall–Kier alpha value is -2.50. The first kappa shape index (κ1) is 13.9. The highest BCUT2D eigenvalue weighted by molar-refractivity contribution is 5.86. The number of para-hydroxylation sites is 1. The molecule has 0 N–H and O–H groups in total. The fourth-order valence-corrected chi connectivity index (χ4v) is 1.60. The molecule has 104 valence electrons. The van der Waals surface area contributed by atoms with Crippen LogP contribution in [-0.2, 0) is 9.53 Å². The van der Waals surface area contributed by atoms with Crippen LogP contribution in [0.2, 0.25) is 0 Å². The number of ether oxygens (including phenoxy) is 1. The van der Waals surface area contributed by atoms with Crippen LogP contribution in [0, 0.1) is 0 Å². The summed E-state index contributed by atoms with van der Waals surface area (Å²) < 4.78 is 5.02. The van der Waals surface area contributed by atoms with Gasteiger partial charge in [-0.15, -0.1) is 5.10 Å². The lowest BCUT2D eigenvalue weighted by atomic mass is 10.2. The molecule has 0 aliphatic heterocycles. The van der Waals surface area contributed by atoms with Gasteiger partial charge in [0.1, 0.15) is 5.78 Å². The van der Waals surface area contributed by atoms with Crippen LogP contribution in [0.25, 0.3) is 5.69 Å². The zero-order valence-corrected chi connectivity index (χ0v) is 11.2. The van der Waals surface area contributed by atoms with Crippen molar-refractivity contribution in [1.82, 2.24) is 15.0 Å². The van der Waals surface area contributed by atoms with Gasteiger partial charge in [0.25, 0.3) is 0 Å². The third-order valence-electron chi connectivity index (χ3n) is 2.59. The molecule has 1 aromatic heterocycles. The van der Waals surface area contributed by atoms with Crippen LogP contribution in [-0.4, -0.2) is 33.4 Å². The van der Waals surface area contributed by atoms with Gasteiger partial charge >= 0.3 is 5.97 Å². The third-order valence-corrected chi connectivity index (χ3v) is 2.59. The van der Waals surface area contributed by atoms with Gasteiger partial charge in [0, 0.05) is 6.42 Å². The molecule has 1 heterocycles. The van der Waals surface area contributed by atoms with E-state index in [0.29, 0.717) is 12.8 Å². The average molecular weight is 273 g/mol. The minimum absolute atomic E-state index is 0.0797. The van der Waals surface area contributed by atoms with E-state index in [0.717, 1.165) is 5.69 Å². The maximum absolute atomic E-state index is 11.7. The van der Waals surface area contributed by atoms with Crippen LogP contribution >= 0.6 is 0 Å². The molecule has 0 saturated heterocycles. The standard InChI is InChI=1S/C14H15N3O3/c1-11(18)6-5-9-20-14(19)13-10-15-17(16-13)12-7-3-2-4-8-12/h2-4,7-8,10H,5-6,9H2,1H3. The van der Waals surface area contributed by atoms with E-state index in [4.69, 9.17) is 4.74 Å². The van der Waals surface area contributed by atoms with Crippen LogP contribution in [0.5, 0.6) is 0 Å². The lowest BCUT2D eigenvalue weighted by Gasteiger charge is -2.01. The summed E-state index contributed by atoms with van der Waals surface area (Å²) in [4.78, 5) is 23.8. The molecule has 0 radical (unpaired) electrons. The summed E-state index contributed by atoms with van der Waals surface area (Å²) in [5.74, 6) is -0.452. The number of carbonyl (C=O) groups is 2. The highest BCUT2D eigenvalue weighted by Crippen LogP contribution is 2.05. The molecule has 0 aliphatic rings. The van der Waals surface area contributed by atoms with E-state index in [9.17, 15) is 9.59 Å². The highest BCUT2D eigenvalue weighted by Gasteiger charge is 2.12. The molecule has 0 aliphatic carbocycles. The van der Waals surface area contributed by atoms with Gasteiger partial charge in [0.2, 0.25) is 0 Å². The van der Waals surface area contributed by atoms with E-state index < -0.39 is 5.97 Å². The fraction of sp³-hybridized carbons (Fsp3) is 0.286. The Morgan fingerprint density at radius 3 is 2.70 bits per heavy atom. The smallest absolute Gasteiger partial charge is 0.360 e. The van der Waals surface area contributed by atoms with Gasteiger partial charge in [-0.05, 0) is 25.5 Å². The van der Waals surface area contributed by atoms with Gasteiger partial charge in [0.15, 0.2) is 5.69 Å². The molecule has 2 rings (SSSR count). The van der Waals surface area contributed by atoms with Crippen molar-refractivity contribution in [3.8, 4) is 5.69 Å². The van der Waals surface area contributed by atoms with Crippen LogP contribution in [0.1, 0.15) is 30.3 Å². The largest absolute Gasteiger partial charge is 0.461 e. The summed E-state index contributed by atoms with van der Waals surface area (Å²) in [5.41, 5.74) is 0.916. The quantitative estimate of drug-likeness (QED) is 0.592. The number of carbonyl (C=O) groups excluding carboxylic acids is 2. The zero-order chi connectivity index (χ0) is 14.4. The Kier molecular flexibility index (Phi) is 4.60. The SMILES string of the molecule is CC(=O)CCCOC(=O)c1cnn(-c2ccccc2)n1. The summed E-state index contributed by atoms with van der Waals surface area (Å²) >= 11 is 0. The second-order valence-corrected chi connectivity index (χ2v) is 4.30. The number of hydrogen-bond acceptors (Lipinski definition) is 5. The summed E-state index contributed by atoms with van der Waals surface area (Å²) in [6.45, 7) is 1.71. The van der Waals surface area contributed by atoms with Crippen LogP contribution in [0.3, 0.4) is 0 Å². The number of aromatic nitrogens is 3. The molecule has 6 heteroatoms. The van der Waals surface area contributed by atoms with Crippen molar-refractivity contribution in [2.24, 2.45) is 0 Å². The summed E-state index contributed by atoms with van der Waals surface area (Å²) in [6, 6.07) is 9.28. The first-order valence-electron chi connectivity index (χ1n) is 6.31. The lowest BCUT2D eigenvalue weighted by molar-refractivity contribution is -0.117. The molecule has 0 bridgehead atoms. The second-order valence-electron chi connectivity index (χ2n) is 4.30. The number of Topliss-reactive ketones (excluding diaryl/α,β-unsaturated/α-hetero) is 1. The summed E-state index contributed by atoms with van der Waals surface area (Å²) in [7, 11) is 0. The Labute approximate surface area is 116 Å². The first-order valence-corrected chi connectivity index (χ1v) is 6.31. The Bertz CT molecular complexity index is 593. The minimum Gasteiger partial charge on any atom is -0.461 e. The van der Waals surface area contributed by atoms with E-state index in [1.165, 1.54) is 17.9 Å². The lowest BCUT2D eigenvalue weighted by Crippen LogP contribution is -2.09. The molecule has 2 aromatic rings. The second kappa shape index (κ2) is 6.60. The molecule has 1 aromatic carbocycles. The molecule has 0 spiro atoms. The van der Waals surface area contributed by atoms with Crippen molar-refractivity contribution in [2.75, 3.05) is 6.61 Å². The van der Waals surface area contributed by atoms with Crippen LogP contribution in [0.4, 0.5) is 0 Å². The molecule has 0 fully saturated rings. The average Bonchev–Trinajstić information content (AvgIpc) is 2.94. The third kappa shape index (κ3) is 3.74.